The summed E-state index contributed by atoms with van der Waals surface area (Å²) >= 11 is 0. The first-order valence-electron chi connectivity index (χ1n) is 6.52. The van der Waals surface area contributed by atoms with E-state index in [1.165, 1.54) is 0 Å². The Morgan fingerprint density at radius 3 is 0.765 bits per heavy atom. The maximum absolute atomic E-state index is 2.69. The standard InChI is InChI=1S/C11H33BNSi3.Li/c1-13(2)12(14(3,4)5,15(6,7)8)16(9,10)11;/h1-11H3;/q-1;+1. The van der Waals surface area contributed by atoms with E-state index in [4.69, 9.17) is 0 Å². The summed E-state index contributed by atoms with van der Waals surface area (Å²) in [5, 5.41) is -0.243. The van der Waals surface area contributed by atoms with Crippen LogP contribution < -0.4 is 18.9 Å². The molecule has 0 unspecified atom stereocenters. The molecule has 0 aliphatic carbocycles. The molecule has 0 rings (SSSR count). The third-order valence-corrected chi connectivity index (χ3v) is 29.2. The zero-order valence-corrected chi connectivity index (χ0v) is 17.5. The summed E-state index contributed by atoms with van der Waals surface area (Å²) < 4.78 is 0. The zero-order chi connectivity index (χ0) is 13.6. The van der Waals surface area contributed by atoms with Crippen LogP contribution in [0, 0.1) is 0 Å². The molecule has 1 nitrogen and oxygen atoms in total. The summed E-state index contributed by atoms with van der Waals surface area (Å²) in [4.78, 5) is 2.69. The molecule has 0 aromatic carbocycles. The van der Waals surface area contributed by atoms with Crippen molar-refractivity contribution in [3.8, 4) is 0 Å². The third-order valence-electron chi connectivity index (χ3n) is 4.53. The van der Waals surface area contributed by atoms with Gasteiger partial charge < -0.3 is 4.81 Å². The Hall–Kier alpha value is 1.27. The van der Waals surface area contributed by atoms with E-state index in [9.17, 15) is 0 Å². The third kappa shape index (κ3) is 3.43. The Bertz CT molecular complexity index is 215. The van der Waals surface area contributed by atoms with Crippen LogP contribution in [0.15, 0.2) is 0 Å². The predicted octanol–water partition coefficient (Wildman–Crippen LogP) is 0.747. The van der Waals surface area contributed by atoms with Gasteiger partial charge >= 0.3 is 18.9 Å². The van der Waals surface area contributed by atoms with Crippen molar-refractivity contribution in [3.63, 3.8) is 0 Å². The summed E-state index contributed by atoms with van der Waals surface area (Å²) in [6, 6.07) is 0. The predicted molar refractivity (Wildman–Crippen MR) is 89.5 cm³/mol. The summed E-state index contributed by atoms with van der Waals surface area (Å²) in [5.74, 6) is 0. The van der Waals surface area contributed by atoms with Gasteiger partial charge in [0.05, 0.1) is 5.06 Å². The van der Waals surface area contributed by atoms with Gasteiger partial charge in [-0.3, -0.25) is 0 Å². The Balaban J connectivity index is 0. The molecule has 0 N–H and O–H groups in total. The minimum atomic E-state index is -1.16. The van der Waals surface area contributed by atoms with E-state index in [-0.39, 0.29) is 23.9 Å². The van der Waals surface area contributed by atoms with Crippen LogP contribution >= 0.6 is 0 Å². The molecule has 0 aliphatic heterocycles. The van der Waals surface area contributed by atoms with Crippen molar-refractivity contribution < 1.29 is 18.9 Å². The Morgan fingerprint density at radius 2 is 0.765 bits per heavy atom. The number of hydrogen-bond donors (Lipinski definition) is 0. The SMILES string of the molecule is CN(C)[B-]([Si](C)(C)C)([Si](C)(C)C)[Si](C)(C)C.[Li+]. The molecule has 0 radical (unpaired) electrons. The van der Waals surface area contributed by atoms with Crippen LogP contribution in [0.4, 0.5) is 0 Å². The van der Waals surface area contributed by atoms with Crippen molar-refractivity contribution in [1.82, 2.24) is 4.81 Å². The van der Waals surface area contributed by atoms with E-state index in [1.54, 1.807) is 0 Å². The second-order valence-corrected chi connectivity index (χ2v) is 27.3. The summed E-state index contributed by atoms with van der Waals surface area (Å²) in [6.45, 7) is 23.4. The van der Waals surface area contributed by atoms with Gasteiger partial charge in [0.2, 0.25) is 0 Å². The Morgan fingerprint density at radius 1 is 0.588 bits per heavy atom. The molecule has 0 amide bonds. The quantitative estimate of drug-likeness (QED) is 0.687. The number of rotatable bonds is 4. The molecule has 0 bridgehead atoms. The van der Waals surface area contributed by atoms with Gasteiger partial charge in [0, 0.05) is 0 Å². The van der Waals surface area contributed by atoms with Crippen molar-refractivity contribution in [1.29, 1.82) is 0 Å². The maximum Gasteiger partial charge on any atom is 1.00 e. The van der Waals surface area contributed by atoms with Gasteiger partial charge in [0.1, 0.15) is 0 Å². The van der Waals surface area contributed by atoms with Crippen LogP contribution in [-0.2, 0) is 0 Å². The zero-order valence-electron chi connectivity index (χ0n) is 14.5. The van der Waals surface area contributed by atoms with E-state index >= 15 is 0 Å². The van der Waals surface area contributed by atoms with Gasteiger partial charge in [-0.25, -0.2) is 0 Å². The van der Waals surface area contributed by atoms with Gasteiger partial charge in [-0.15, -0.1) is 0 Å². The van der Waals surface area contributed by atoms with Crippen LogP contribution in [-0.4, -0.2) is 47.8 Å². The molecule has 0 saturated heterocycles. The second kappa shape index (κ2) is 5.72. The van der Waals surface area contributed by atoms with Crippen LogP contribution in [0.3, 0.4) is 0 Å². The minimum absolute atomic E-state index is 0. The van der Waals surface area contributed by atoms with E-state index in [0.29, 0.717) is 0 Å². The Kier molecular flexibility index (Phi) is 6.93. The largest absolute Gasteiger partial charge is 1.00 e. The van der Waals surface area contributed by atoms with E-state index in [1.807, 2.05) is 0 Å². The number of nitrogens with zero attached hydrogens (tertiary/aromatic N) is 1. The molecule has 6 heteroatoms. The fraction of sp³-hybridized carbons (Fsp3) is 1.00. The van der Waals surface area contributed by atoms with Crippen LogP contribution in [0.2, 0.25) is 58.9 Å². The van der Waals surface area contributed by atoms with Crippen molar-refractivity contribution >= 4 is 28.9 Å². The molecule has 17 heavy (non-hydrogen) atoms. The summed E-state index contributed by atoms with van der Waals surface area (Å²) in [7, 11) is 1.23. The van der Waals surface area contributed by atoms with Crippen LogP contribution in [0.1, 0.15) is 0 Å². The first-order valence-corrected chi connectivity index (χ1v) is 17.3. The molecule has 98 valence electrons. The molecule has 0 saturated carbocycles. The average molecular weight is 281 g/mol. The molecule has 0 fully saturated rings. The first kappa shape index (κ1) is 20.6. The van der Waals surface area contributed by atoms with Crippen molar-refractivity contribution in [3.05, 3.63) is 0 Å². The fourth-order valence-corrected chi connectivity index (χ4v) is 42.0. The molecule has 0 aromatic heterocycles. The topological polar surface area (TPSA) is 3.24 Å². The number of hydrogen-bond acceptors (Lipinski definition) is 1. The minimum Gasteiger partial charge on any atom is -0.484 e. The van der Waals surface area contributed by atoms with Crippen molar-refractivity contribution in [2.45, 2.75) is 58.9 Å². The first-order chi connectivity index (χ1) is 6.69. The fourth-order valence-electron chi connectivity index (χ4n) is 6.22. The van der Waals surface area contributed by atoms with E-state index in [2.05, 4.69) is 77.8 Å². The molecule has 0 aromatic rings. The van der Waals surface area contributed by atoms with Gasteiger partial charge in [-0.2, -0.15) is 0 Å². The molecule has 0 atom stereocenters. The van der Waals surface area contributed by atoms with Gasteiger partial charge in [-0.05, 0) is 0 Å². The van der Waals surface area contributed by atoms with E-state index < -0.39 is 23.8 Å². The molecule has 0 aliphatic rings. The van der Waals surface area contributed by atoms with Gasteiger partial charge in [-0.1, -0.05) is 96.9 Å². The van der Waals surface area contributed by atoms with Gasteiger partial charge in [0.25, 0.3) is 0 Å². The Labute approximate surface area is 125 Å². The second-order valence-electron chi connectivity index (χ2n) is 8.88. The van der Waals surface area contributed by atoms with Crippen LogP contribution in [0.25, 0.3) is 0 Å². The molecular weight excluding hydrogens is 248 g/mol. The maximum atomic E-state index is 2.69. The summed E-state index contributed by atoms with van der Waals surface area (Å²) in [5.41, 5.74) is 0. The van der Waals surface area contributed by atoms with Crippen molar-refractivity contribution in [2.75, 3.05) is 14.1 Å². The normalized spacial score (nSPS) is 14.8. The molecular formula is C11H33BLiNSi3. The monoisotopic (exact) mass is 281 g/mol. The summed E-state index contributed by atoms with van der Waals surface area (Å²) in [6.07, 6.45) is 0. The molecule has 0 heterocycles. The molecule has 0 spiro atoms. The van der Waals surface area contributed by atoms with Crippen molar-refractivity contribution in [2.24, 2.45) is 0 Å². The van der Waals surface area contributed by atoms with E-state index in [0.717, 1.165) is 0 Å². The average Bonchev–Trinajstić information content (AvgIpc) is 1.71. The van der Waals surface area contributed by atoms with Crippen LogP contribution in [0.5, 0.6) is 0 Å². The smallest absolute Gasteiger partial charge is 0.484 e. The van der Waals surface area contributed by atoms with Gasteiger partial charge in [0.15, 0.2) is 0 Å².